The highest BCUT2D eigenvalue weighted by atomic mass is 127. The Hall–Kier alpha value is -1.97. The summed E-state index contributed by atoms with van der Waals surface area (Å²) in [6.45, 7) is 3.67. The van der Waals surface area contributed by atoms with E-state index in [1.54, 1.807) is 6.07 Å². The van der Waals surface area contributed by atoms with Crippen LogP contribution in [0.4, 0.5) is 0 Å². The smallest absolute Gasteiger partial charge is 0.310 e. The number of rotatable bonds is 3. The van der Waals surface area contributed by atoms with Gasteiger partial charge in [0.1, 0.15) is 26.4 Å². The minimum Gasteiger partial charge on any atom is -0.423 e. The van der Waals surface area contributed by atoms with Crippen LogP contribution < -0.4 is 14.7 Å². The normalized spacial score (nSPS) is 12.2. The monoisotopic (exact) mass is 406 g/mol. The van der Waals surface area contributed by atoms with Gasteiger partial charge in [-0.15, -0.1) is 0 Å². The summed E-state index contributed by atoms with van der Waals surface area (Å²) in [6.07, 6.45) is 0. The fourth-order valence-electron chi connectivity index (χ4n) is 1.59. The maximum Gasteiger partial charge on any atom is 0.310 e. The Morgan fingerprint density at radius 3 is 2.14 bits per heavy atom. The van der Waals surface area contributed by atoms with Gasteiger partial charge < -0.3 is 17.3 Å². The Bertz CT molecular complexity index is 751. The molecule has 1 aliphatic rings. The standard InChI is InChI=1S/C13H11IO7/c1-6(15)18-10-5-4-9-11(12(10)19-7(2)16)13(21-14-9)20-8(3)17/h4-5H,1-3H3. The Labute approximate surface area is 129 Å². The van der Waals surface area contributed by atoms with Gasteiger partial charge in [-0.1, -0.05) is 0 Å². The summed E-state index contributed by atoms with van der Waals surface area (Å²) in [5.41, 5.74) is 0. The lowest BCUT2D eigenvalue weighted by atomic mass is 10.2. The lowest BCUT2D eigenvalue weighted by molar-refractivity contribution is -0.136. The lowest BCUT2D eigenvalue weighted by Gasteiger charge is -2.09. The zero-order chi connectivity index (χ0) is 15.6. The van der Waals surface area contributed by atoms with Crippen molar-refractivity contribution in [3.05, 3.63) is 20.5 Å². The van der Waals surface area contributed by atoms with Crippen molar-refractivity contribution in [2.75, 3.05) is 0 Å². The Morgan fingerprint density at radius 1 is 0.952 bits per heavy atom. The molecule has 0 atom stereocenters. The molecule has 1 heterocycles. The number of carbonyl (C=O) groups is 3. The quantitative estimate of drug-likeness (QED) is 0.425. The predicted octanol–water partition coefficient (Wildman–Crippen LogP) is 1.33. The molecule has 8 heteroatoms. The fraction of sp³-hybridized carbons (Fsp3) is 0.231. The third-order valence-electron chi connectivity index (χ3n) is 2.20. The zero-order valence-electron chi connectivity index (χ0n) is 11.4. The third-order valence-corrected chi connectivity index (χ3v) is 4.20. The van der Waals surface area contributed by atoms with E-state index in [2.05, 4.69) is 0 Å². The van der Waals surface area contributed by atoms with Crippen molar-refractivity contribution < 1.29 is 31.7 Å². The van der Waals surface area contributed by atoms with Crippen molar-refractivity contribution in [2.24, 2.45) is 0 Å². The molecule has 0 fully saturated rings. The molecule has 0 aliphatic carbocycles. The van der Waals surface area contributed by atoms with Crippen molar-refractivity contribution in [2.45, 2.75) is 20.8 Å². The summed E-state index contributed by atoms with van der Waals surface area (Å²) in [6, 6.07) is 3.20. The molecule has 7 nitrogen and oxygen atoms in total. The number of benzene rings is 1. The minimum atomic E-state index is -0.872. The average molecular weight is 406 g/mol. The molecule has 0 saturated carbocycles. The van der Waals surface area contributed by atoms with Gasteiger partial charge in [0, 0.05) is 20.8 Å². The van der Waals surface area contributed by atoms with Crippen LogP contribution >= 0.6 is 21.1 Å². The van der Waals surface area contributed by atoms with E-state index in [0.717, 1.165) is 3.15 Å². The van der Waals surface area contributed by atoms with Gasteiger partial charge >= 0.3 is 23.9 Å². The van der Waals surface area contributed by atoms with Crippen LogP contribution in [-0.4, -0.2) is 17.9 Å². The number of fused-ring (bicyclic) bond motifs is 1. The van der Waals surface area contributed by atoms with Gasteiger partial charge in [-0.2, -0.15) is 0 Å². The molecule has 0 amide bonds. The molecule has 0 bridgehead atoms. The second-order valence-electron chi connectivity index (χ2n) is 3.97. The Kier molecular flexibility index (Phi) is 4.56. The number of halogens is 1. The third kappa shape index (κ3) is 3.57. The van der Waals surface area contributed by atoms with Crippen molar-refractivity contribution >= 4 is 45.0 Å². The number of hydrogen-bond acceptors (Lipinski definition) is 7. The average Bonchev–Trinajstić information content (AvgIpc) is 2.74. The number of carbonyl (C=O) groups excluding carboxylic acids is 3. The van der Waals surface area contributed by atoms with E-state index in [9.17, 15) is 14.4 Å². The summed E-state index contributed by atoms with van der Waals surface area (Å²) >= 11 is -0.872. The van der Waals surface area contributed by atoms with E-state index < -0.39 is 39.1 Å². The molecule has 21 heavy (non-hydrogen) atoms. The van der Waals surface area contributed by atoms with Gasteiger partial charge in [0.2, 0.25) is 0 Å². The van der Waals surface area contributed by atoms with Crippen molar-refractivity contribution in [3.63, 3.8) is 0 Å². The van der Waals surface area contributed by atoms with E-state index in [-0.39, 0.29) is 17.4 Å². The van der Waals surface area contributed by atoms with Crippen LogP contribution in [0.5, 0.6) is 11.5 Å². The molecule has 1 aromatic carbocycles. The molecule has 2 rings (SSSR count). The van der Waals surface area contributed by atoms with E-state index in [1.165, 1.54) is 26.8 Å². The summed E-state index contributed by atoms with van der Waals surface area (Å²) < 4.78 is 21.2. The number of esters is 3. The molecule has 0 N–H and O–H groups in total. The summed E-state index contributed by atoms with van der Waals surface area (Å²) in [5.74, 6) is -1.67. The highest BCUT2D eigenvalue weighted by molar-refractivity contribution is 14.1. The van der Waals surface area contributed by atoms with Gasteiger partial charge in [0.05, 0.1) is 3.15 Å². The first kappa shape index (κ1) is 15.4. The molecular weight excluding hydrogens is 395 g/mol. The summed E-state index contributed by atoms with van der Waals surface area (Å²) in [7, 11) is 0. The largest absolute Gasteiger partial charge is 0.423 e. The highest BCUT2D eigenvalue weighted by Crippen LogP contribution is 2.30. The van der Waals surface area contributed by atoms with Crippen LogP contribution in [0.3, 0.4) is 0 Å². The maximum atomic E-state index is 11.3. The van der Waals surface area contributed by atoms with Crippen molar-refractivity contribution in [3.8, 4) is 11.5 Å². The van der Waals surface area contributed by atoms with Crippen molar-refractivity contribution in [1.29, 1.82) is 0 Å². The van der Waals surface area contributed by atoms with Crippen LogP contribution in [0.1, 0.15) is 20.8 Å². The number of hydrogen-bond donors (Lipinski definition) is 0. The van der Waals surface area contributed by atoms with E-state index in [1.807, 2.05) is 0 Å². The molecule has 0 aromatic heterocycles. The van der Waals surface area contributed by atoms with Crippen LogP contribution in [-0.2, 0) is 22.2 Å². The zero-order valence-corrected chi connectivity index (χ0v) is 13.5. The molecular formula is C13H11IO7. The molecule has 1 aromatic rings. The van der Waals surface area contributed by atoms with Gasteiger partial charge in [0.15, 0.2) is 11.5 Å². The minimum absolute atomic E-state index is 0.0173. The summed E-state index contributed by atoms with van der Waals surface area (Å²) in [5, 5.41) is 0.340. The van der Waals surface area contributed by atoms with E-state index in [4.69, 9.17) is 17.3 Å². The molecule has 0 spiro atoms. The first-order valence-electron chi connectivity index (χ1n) is 5.80. The first-order valence-corrected chi connectivity index (χ1v) is 7.75. The first-order chi connectivity index (χ1) is 9.88. The summed E-state index contributed by atoms with van der Waals surface area (Å²) in [4.78, 5) is 33.5. The predicted molar refractivity (Wildman–Crippen MR) is 77.8 cm³/mol. The fourth-order valence-corrected chi connectivity index (χ4v) is 3.35. The molecule has 1 aliphatic heterocycles. The van der Waals surface area contributed by atoms with Crippen LogP contribution in [0.15, 0.2) is 12.1 Å². The second-order valence-corrected chi connectivity index (χ2v) is 6.02. The molecule has 0 radical (unpaired) electrons. The van der Waals surface area contributed by atoms with Gasteiger partial charge in [-0.05, 0) is 12.1 Å². The molecule has 0 unspecified atom stereocenters. The Balaban J connectivity index is 2.69. The van der Waals surface area contributed by atoms with Gasteiger partial charge in [-0.3, -0.25) is 14.4 Å². The van der Waals surface area contributed by atoms with Gasteiger partial charge in [-0.25, -0.2) is 0 Å². The van der Waals surface area contributed by atoms with E-state index >= 15 is 0 Å². The maximum absolute atomic E-state index is 11.3. The second kappa shape index (κ2) is 6.20. The SMILES string of the molecule is CC(=O)OC1=c2c(OC(C)=O)c(OC(C)=O)ccc2=IO1. The van der Waals surface area contributed by atoms with Crippen molar-refractivity contribution in [1.82, 2.24) is 0 Å². The van der Waals surface area contributed by atoms with Crippen LogP contribution in [0.2, 0.25) is 0 Å². The van der Waals surface area contributed by atoms with Crippen LogP contribution in [0.25, 0.3) is 5.95 Å². The lowest BCUT2D eigenvalue weighted by Crippen LogP contribution is -2.18. The van der Waals surface area contributed by atoms with Crippen LogP contribution in [0, 0.1) is 3.15 Å². The van der Waals surface area contributed by atoms with Gasteiger partial charge in [0.25, 0.3) is 0 Å². The molecule has 112 valence electrons. The highest BCUT2D eigenvalue weighted by Gasteiger charge is 2.21. The molecule has 0 saturated heterocycles. The Morgan fingerprint density at radius 2 is 1.57 bits per heavy atom. The topological polar surface area (TPSA) is 88.1 Å². The van der Waals surface area contributed by atoms with E-state index in [0.29, 0.717) is 5.22 Å². The number of ether oxygens (including phenoxy) is 3.